The number of nitrogens with one attached hydrogen (secondary N) is 2. The number of carbonyl (C=O) groups excluding carboxylic acids is 1. The van der Waals surface area contributed by atoms with Crippen molar-refractivity contribution in [3.05, 3.63) is 64.4 Å². The van der Waals surface area contributed by atoms with Crippen molar-refractivity contribution in [3.63, 3.8) is 0 Å². The van der Waals surface area contributed by atoms with Crippen LogP contribution in [0.15, 0.2) is 48.8 Å². The number of nitrogens with two attached hydrogens (primary N) is 1. The highest BCUT2D eigenvalue weighted by atomic mass is 35.5. The third kappa shape index (κ3) is 4.21. The summed E-state index contributed by atoms with van der Waals surface area (Å²) in [5, 5.41) is 7.04. The van der Waals surface area contributed by atoms with E-state index in [4.69, 9.17) is 33.7 Å². The highest BCUT2D eigenvalue weighted by Crippen LogP contribution is 2.33. The zero-order valence-electron chi connectivity index (χ0n) is 14.2. The molecule has 0 aliphatic carbocycles. The molecule has 0 unspecified atom stereocenters. The summed E-state index contributed by atoms with van der Waals surface area (Å²) in [6.07, 6.45) is 1.33. The van der Waals surface area contributed by atoms with E-state index in [-0.39, 0.29) is 5.69 Å². The van der Waals surface area contributed by atoms with Gasteiger partial charge in [0.25, 0.3) is 0 Å². The summed E-state index contributed by atoms with van der Waals surface area (Å²) in [6.45, 7) is 0. The molecule has 0 bridgehead atoms. The predicted octanol–water partition coefficient (Wildman–Crippen LogP) is 4.64. The number of methoxy groups -OCH3 is 1. The maximum absolute atomic E-state index is 11.9. The van der Waals surface area contributed by atoms with Gasteiger partial charge in [-0.25, -0.2) is 14.8 Å². The summed E-state index contributed by atoms with van der Waals surface area (Å²) in [7, 11) is 1.31. The number of esters is 1. The first-order chi connectivity index (χ1) is 13.0. The van der Waals surface area contributed by atoms with Gasteiger partial charge >= 0.3 is 5.97 Å². The summed E-state index contributed by atoms with van der Waals surface area (Å²) in [6, 6.07) is 11.9. The van der Waals surface area contributed by atoms with Crippen LogP contribution in [-0.4, -0.2) is 23.0 Å². The van der Waals surface area contributed by atoms with Crippen molar-refractivity contribution in [2.75, 3.05) is 23.5 Å². The molecule has 3 rings (SSSR count). The molecule has 0 fully saturated rings. The van der Waals surface area contributed by atoms with E-state index in [1.165, 1.54) is 13.4 Å². The van der Waals surface area contributed by atoms with E-state index >= 15 is 0 Å². The number of anilines is 5. The number of hydrogen-bond acceptors (Lipinski definition) is 7. The Balaban J connectivity index is 1.92. The minimum atomic E-state index is -0.477. The molecule has 0 amide bonds. The second-order valence-corrected chi connectivity index (χ2v) is 6.24. The van der Waals surface area contributed by atoms with Crippen molar-refractivity contribution in [3.8, 4) is 0 Å². The van der Waals surface area contributed by atoms with Gasteiger partial charge in [-0.05, 0) is 30.3 Å². The summed E-state index contributed by atoms with van der Waals surface area (Å²) < 4.78 is 4.79. The quantitative estimate of drug-likeness (QED) is 0.533. The van der Waals surface area contributed by atoms with Gasteiger partial charge in [0.15, 0.2) is 11.6 Å². The molecular weight excluding hydrogens is 389 g/mol. The highest BCUT2D eigenvalue weighted by Gasteiger charge is 2.15. The molecule has 0 aliphatic heterocycles. The van der Waals surface area contributed by atoms with Crippen LogP contribution in [-0.2, 0) is 4.74 Å². The van der Waals surface area contributed by atoms with Crippen LogP contribution in [0.3, 0.4) is 0 Å². The van der Waals surface area contributed by atoms with Gasteiger partial charge in [-0.3, -0.25) is 0 Å². The van der Waals surface area contributed by atoms with Crippen molar-refractivity contribution in [1.82, 2.24) is 9.97 Å². The van der Waals surface area contributed by atoms with Crippen LogP contribution in [0.4, 0.5) is 28.7 Å². The lowest BCUT2D eigenvalue weighted by molar-refractivity contribution is 0.0602. The number of hydrogen-bond donors (Lipinski definition) is 3. The number of rotatable bonds is 5. The zero-order chi connectivity index (χ0) is 19.4. The molecule has 4 N–H and O–H groups in total. The van der Waals surface area contributed by atoms with Crippen LogP contribution in [0.1, 0.15) is 10.4 Å². The largest absolute Gasteiger partial charge is 0.465 e. The number of aromatic nitrogens is 2. The fraction of sp³-hybridized carbons (Fsp3) is 0.0556. The lowest BCUT2D eigenvalue weighted by Crippen LogP contribution is -2.09. The summed E-state index contributed by atoms with van der Waals surface area (Å²) in [5.74, 6) is 0.184. The summed E-state index contributed by atoms with van der Waals surface area (Å²) in [5.41, 5.74) is 7.83. The van der Waals surface area contributed by atoms with Crippen molar-refractivity contribution in [1.29, 1.82) is 0 Å². The number of halogens is 2. The second-order valence-electron chi connectivity index (χ2n) is 5.40. The van der Waals surface area contributed by atoms with Crippen LogP contribution >= 0.6 is 23.2 Å². The van der Waals surface area contributed by atoms with Gasteiger partial charge < -0.3 is 21.1 Å². The third-order valence-corrected chi connectivity index (χ3v) is 4.22. The molecule has 0 spiro atoms. The monoisotopic (exact) mass is 403 g/mol. The smallest absolute Gasteiger partial charge is 0.339 e. The lowest BCUT2D eigenvalue weighted by Gasteiger charge is -2.14. The van der Waals surface area contributed by atoms with Crippen LogP contribution in [0, 0.1) is 0 Å². The lowest BCUT2D eigenvalue weighted by atomic mass is 10.2. The Labute approximate surface area is 165 Å². The first kappa shape index (κ1) is 18.8. The van der Waals surface area contributed by atoms with Gasteiger partial charge in [-0.2, -0.15) is 0 Å². The van der Waals surface area contributed by atoms with E-state index in [1.54, 1.807) is 42.5 Å². The molecule has 0 aliphatic rings. The molecule has 0 atom stereocenters. The molecule has 138 valence electrons. The zero-order valence-corrected chi connectivity index (χ0v) is 15.7. The molecule has 1 aromatic heterocycles. The molecular formula is C18H15Cl2N5O2. The third-order valence-electron chi connectivity index (χ3n) is 3.65. The Kier molecular flexibility index (Phi) is 5.63. The maximum atomic E-state index is 11.9. The molecule has 3 aromatic rings. The molecule has 7 nitrogen and oxygen atoms in total. The van der Waals surface area contributed by atoms with Crippen molar-refractivity contribution in [2.24, 2.45) is 0 Å². The van der Waals surface area contributed by atoms with Gasteiger partial charge in [-0.1, -0.05) is 35.3 Å². The molecule has 0 saturated carbocycles. The molecule has 0 saturated heterocycles. The van der Waals surface area contributed by atoms with E-state index in [0.29, 0.717) is 38.6 Å². The number of carbonyl (C=O) groups is 1. The molecule has 2 aromatic carbocycles. The minimum absolute atomic E-state index is 0.244. The van der Waals surface area contributed by atoms with Crippen LogP contribution in [0.5, 0.6) is 0 Å². The van der Waals surface area contributed by atoms with Gasteiger partial charge in [0.05, 0.1) is 29.1 Å². The Morgan fingerprint density at radius 3 is 2.41 bits per heavy atom. The predicted molar refractivity (Wildman–Crippen MR) is 107 cm³/mol. The fourth-order valence-electron chi connectivity index (χ4n) is 2.32. The highest BCUT2D eigenvalue weighted by molar-refractivity contribution is 6.35. The number of nitrogen functional groups attached to an aromatic ring is 1. The van der Waals surface area contributed by atoms with Crippen LogP contribution in [0.25, 0.3) is 0 Å². The first-order valence-electron chi connectivity index (χ1n) is 7.76. The van der Waals surface area contributed by atoms with E-state index in [2.05, 4.69) is 20.6 Å². The average Bonchev–Trinajstić information content (AvgIpc) is 2.67. The number of nitrogens with zero attached hydrogens (tertiary/aromatic N) is 2. The number of ether oxygens (including phenoxy) is 1. The topological polar surface area (TPSA) is 102 Å². The number of benzene rings is 2. The second kappa shape index (κ2) is 8.11. The SMILES string of the molecule is COC(=O)c1ccccc1Nc1ncnc(Nc2cc(Cl)ccc2Cl)c1N. The Bertz CT molecular complexity index is 997. The normalized spacial score (nSPS) is 10.3. The molecule has 0 radical (unpaired) electrons. The van der Waals surface area contributed by atoms with E-state index < -0.39 is 5.97 Å². The average molecular weight is 404 g/mol. The maximum Gasteiger partial charge on any atom is 0.339 e. The van der Waals surface area contributed by atoms with Crippen LogP contribution < -0.4 is 16.4 Å². The Morgan fingerprint density at radius 2 is 1.70 bits per heavy atom. The minimum Gasteiger partial charge on any atom is -0.465 e. The van der Waals surface area contributed by atoms with Gasteiger partial charge in [0, 0.05) is 5.02 Å². The van der Waals surface area contributed by atoms with E-state index in [0.717, 1.165) is 0 Å². The van der Waals surface area contributed by atoms with Gasteiger partial charge in [-0.15, -0.1) is 0 Å². The van der Waals surface area contributed by atoms with E-state index in [9.17, 15) is 4.79 Å². The van der Waals surface area contributed by atoms with E-state index in [1.807, 2.05) is 0 Å². The van der Waals surface area contributed by atoms with Gasteiger partial charge in [0.1, 0.15) is 12.0 Å². The van der Waals surface area contributed by atoms with Crippen molar-refractivity contribution >= 4 is 57.9 Å². The van der Waals surface area contributed by atoms with Gasteiger partial charge in [0.2, 0.25) is 0 Å². The molecule has 9 heteroatoms. The molecule has 27 heavy (non-hydrogen) atoms. The summed E-state index contributed by atoms with van der Waals surface area (Å²) in [4.78, 5) is 20.2. The standard InChI is InChI=1S/C18H15Cl2N5O2/c1-27-18(26)11-4-2-3-5-13(11)24-16-15(21)17(23-9-22-16)25-14-8-10(19)6-7-12(14)20/h2-9H,21H2,1H3,(H2,22,23,24,25). The molecule has 1 heterocycles. The first-order valence-corrected chi connectivity index (χ1v) is 8.52. The Hall–Kier alpha value is -3.03. The van der Waals surface area contributed by atoms with Crippen molar-refractivity contribution in [2.45, 2.75) is 0 Å². The van der Waals surface area contributed by atoms with Crippen LogP contribution in [0.2, 0.25) is 10.0 Å². The summed E-state index contributed by atoms with van der Waals surface area (Å²) >= 11 is 12.2. The Morgan fingerprint density at radius 1 is 1.04 bits per heavy atom. The van der Waals surface area contributed by atoms with Crippen molar-refractivity contribution < 1.29 is 9.53 Å². The fourth-order valence-corrected chi connectivity index (χ4v) is 2.66. The number of para-hydroxylation sites is 1.